The average Bonchev–Trinajstić information content (AvgIpc) is 2.53. The molecule has 0 amide bonds. The van der Waals surface area contributed by atoms with Gasteiger partial charge in [0.15, 0.2) is 0 Å². The van der Waals surface area contributed by atoms with E-state index in [-0.39, 0.29) is 16.6 Å². The van der Waals surface area contributed by atoms with E-state index in [9.17, 15) is 26.3 Å². The third-order valence-electron chi connectivity index (χ3n) is 4.77. The van der Waals surface area contributed by atoms with Crippen molar-refractivity contribution in [1.82, 2.24) is 0 Å². The molecule has 0 radical (unpaired) electrons. The fourth-order valence-corrected chi connectivity index (χ4v) is 4.29. The first-order valence-corrected chi connectivity index (χ1v) is 10.9. The van der Waals surface area contributed by atoms with E-state index >= 15 is 0 Å². The van der Waals surface area contributed by atoms with Crippen LogP contribution in [-0.2, 0) is 0 Å². The summed E-state index contributed by atoms with van der Waals surface area (Å²) in [6.45, 7) is 10.5. The number of allylic oxidation sites excluding steroid dienone is 9. The molecule has 0 bridgehead atoms. The lowest BCUT2D eigenvalue weighted by Gasteiger charge is -2.33. The second-order valence-electron chi connectivity index (χ2n) is 9.38. The van der Waals surface area contributed by atoms with Gasteiger partial charge in [-0.15, -0.1) is 49.6 Å². The lowest BCUT2D eigenvalue weighted by Crippen LogP contribution is -2.30. The number of rotatable bonds is 0. The number of hydrogen-bond acceptors (Lipinski definition) is 0. The predicted molar refractivity (Wildman–Crippen MR) is 118 cm³/mol. The Hall–Kier alpha value is -1.24. The lowest BCUT2D eigenvalue weighted by atomic mass is 9.76. The molecule has 0 saturated heterocycles. The molecule has 0 aromatic rings. The summed E-state index contributed by atoms with van der Waals surface area (Å²) in [5, 5.41) is 0. The van der Waals surface area contributed by atoms with Crippen LogP contribution in [-0.4, -0.2) is 12.4 Å². The predicted octanol–water partition coefficient (Wildman–Crippen LogP) is 9.24. The van der Waals surface area contributed by atoms with Crippen molar-refractivity contribution >= 4 is 31.9 Å². The van der Waals surface area contributed by atoms with Gasteiger partial charge in [-0.3, -0.25) is 0 Å². The monoisotopic (exact) mass is 570 g/mol. The Kier molecular flexibility index (Phi) is 6.94. The molecular formula is C23H22Br2F6. The van der Waals surface area contributed by atoms with E-state index in [1.807, 2.05) is 20.8 Å². The summed E-state index contributed by atoms with van der Waals surface area (Å²) < 4.78 is 83.6. The summed E-state index contributed by atoms with van der Waals surface area (Å²) >= 11 is 6.58. The smallest absolute Gasteiger partial charge is 0.203 e. The van der Waals surface area contributed by atoms with E-state index in [0.717, 1.165) is 17.7 Å². The van der Waals surface area contributed by atoms with Gasteiger partial charge in [-0.05, 0) is 26.2 Å². The third-order valence-corrected chi connectivity index (χ3v) is 6.02. The minimum absolute atomic E-state index is 0.0566. The summed E-state index contributed by atoms with van der Waals surface area (Å²) in [7, 11) is 0. The van der Waals surface area contributed by atoms with Crippen molar-refractivity contribution in [3.63, 3.8) is 0 Å². The van der Waals surface area contributed by atoms with Gasteiger partial charge >= 0.3 is 12.4 Å². The first-order chi connectivity index (χ1) is 13.7. The number of hydrogen-bond donors (Lipinski definition) is 0. The van der Waals surface area contributed by atoms with Gasteiger partial charge in [0.1, 0.15) is 11.5 Å². The second kappa shape index (κ2) is 8.27. The van der Waals surface area contributed by atoms with Crippen molar-refractivity contribution in [2.75, 3.05) is 0 Å². The van der Waals surface area contributed by atoms with E-state index in [0.29, 0.717) is 9.31 Å². The second-order valence-corrected chi connectivity index (χ2v) is 11.1. The Morgan fingerprint density at radius 3 is 1.77 bits per heavy atom. The number of halogens is 8. The van der Waals surface area contributed by atoms with Gasteiger partial charge in [0, 0.05) is 23.1 Å². The van der Waals surface area contributed by atoms with Crippen molar-refractivity contribution < 1.29 is 26.3 Å². The Bertz CT molecular complexity index is 935. The molecule has 0 unspecified atom stereocenters. The summed E-state index contributed by atoms with van der Waals surface area (Å²) in [5.74, 6) is -1.37. The van der Waals surface area contributed by atoms with Crippen LogP contribution >= 0.6 is 31.9 Å². The molecule has 0 heterocycles. The highest BCUT2D eigenvalue weighted by Gasteiger charge is 2.54. The lowest BCUT2D eigenvalue weighted by molar-refractivity contribution is -0.109. The molecule has 0 N–H and O–H groups in total. The Labute approximate surface area is 195 Å². The van der Waals surface area contributed by atoms with Crippen molar-refractivity contribution in [3.05, 3.63) is 73.1 Å². The zero-order chi connectivity index (χ0) is 24.2. The summed E-state index contributed by atoms with van der Waals surface area (Å²) in [6, 6.07) is 0. The first-order valence-electron chi connectivity index (χ1n) is 9.32. The summed E-state index contributed by atoms with van der Waals surface area (Å²) in [4.78, 5) is 0.341. The molecule has 8 heteroatoms. The molecule has 0 nitrogen and oxygen atoms in total. The molecule has 0 fully saturated rings. The van der Waals surface area contributed by atoms with Gasteiger partial charge in [-0.2, -0.15) is 26.3 Å². The topological polar surface area (TPSA) is 0 Å². The van der Waals surface area contributed by atoms with Gasteiger partial charge in [-0.1, -0.05) is 35.7 Å². The van der Waals surface area contributed by atoms with E-state index in [4.69, 9.17) is 0 Å². The van der Waals surface area contributed by atoms with Crippen LogP contribution < -0.4 is 0 Å². The van der Waals surface area contributed by atoms with Gasteiger partial charge in [0.2, 0.25) is 0 Å². The van der Waals surface area contributed by atoms with E-state index in [1.54, 1.807) is 32.9 Å². The van der Waals surface area contributed by atoms with Crippen LogP contribution in [0, 0.1) is 21.6 Å². The van der Waals surface area contributed by atoms with E-state index in [1.165, 1.54) is 0 Å². The molecule has 31 heavy (non-hydrogen) atoms. The minimum Gasteiger partial charge on any atom is -0.203 e. The van der Waals surface area contributed by atoms with E-state index < -0.39 is 34.8 Å². The summed E-state index contributed by atoms with van der Waals surface area (Å²) in [5.41, 5.74) is -0.292. The van der Waals surface area contributed by atoms with Crippen LogP contribution in [0.4, 0.5) is 26.3 Å². The van der Waals surface area contributed by atoms with Gasteiger partial charge in [0.05, 0.1) is 5.57 Å². The molecule has 0 atom stereocenters. The van der Waals surface area contributed by atoms with Crippen molar-refractivity contribution in [2.24, 2.45) is 10.8 Å². The Morgan fingerprint density at radius 2 is 1.39 bits per heavy atom. The zero-order valence-electron chi connectivity index (χ0n) is 17.8. The van der Waals surface area contributed by atoms with Crippen molar-refractivity contribution in [3.8, 4) is 0 Å². The Morgan fingerprint density at radius 1 is 0.871 bits per heavy atom. The third kappa shape index (κ3) is 5.96. The fraction of sp³-hybridized carbons (Fsp3) is 0.435. The van der Waals surface area contributed by atoms with Crippen molar-refractivity contribution in [2.45, 2.75) is 53.9 Å². The molecule has 0 saturated carbocycles. The highest BCUT2D eigenvalue weighted by Crippen LogP contribution is 2.50. The standard InChI is InChI=1S/C23H22Br2F6/c1-20(2,3)12-7-16(22(26,27)28)14(17(8-12)23(29,30)31)11-15-18(24)9-13(10-19(15)25)21(4,5)6/h7-10H,1-6H3. The molecular weight excluding hydrogens is 550 g/mol. The molecule has 0 aliphatic heterocycles. The number of alkyl halides is 6. The average molecular weight is 572 g/mol. The van der Waals surface area contributed by atoms with Crippen LogP contribution in [0.2, 0.25) is 0 Å². The van der Waals surface area contributed by atoms with Crippen LogP contribution in [0.15, 0.2) is 62.4 Å². The zero-order valence-corrected chi connectivity index (χ0v) is 21.0. The largest absolute Gasteiger partial charge is 0.454 e. The highest BCUT2D eigenvalue weighted by molar-refractivity contribution is 9.12. The fourth-order valence-electron chi connectivity index (χ4n) is 2.91. The molecule has 2 aliphatic rings. The Balaban J connectivity index is 2.84. The highest BCUT2D eigenvalue weighted by atomic mass is 79.9. The molecule has 170 valence electrons. The molecule has 0 aromatic heterocycles. The first kappa shape index (κ1) is 26.0. The molecule has 2 aliphatic carbocycles. The van der Waals surface area contributed by atoms with Crippen molar-refractivity contribution in [1.29, 1.82) is 0 Å². The summed E-state index contributed by atoms with van der Waals surface area (Å²) in [6.07, 6.45) is -5.07. The maximum atomic E-state index is 13.9. The van der Waals surface area contributed by atoms with Gasteiger partial charge < -0.3 is 0 Å². The van der Waals surface area contributed by atoms with Crippen LogP contribution in [0.25, 0.3) is 0 Å². The maximum Gasteiger partial charge on any atom is 0.454 e. The van der Waals surface area contributed by atoms with Crippen LogP contribution in [0.5, 0.6) is 0 Å². The molecule has 0 spiro atoms. The molecule has 0 aromatic carbocycles. The van der Waals surface area contributed by atoms with Crippen LogP contribution in [0.3, 0.4) is 0 Å². The molecule has 2 rings (SSSR count). The SMILES string of the molecule is CC(C)(C)C1=C[C+](C(F)(F)F)C(=C=C2C(Br)=CC(C(C)(C)C)=C[C-]2Br)C(C(F)(F)F)=C1. The maximum absolute atomic E-state index is 13.9. The van der Waals surface area contributed by atoms with E-state index in [2.05, 4.69) is 37.6 Å². The van der Waals surface area contributed by atoms with Gasteiger partial charge in [-0.25, -0.2) is 5.73 Å². The van der Waals surface area contributed by atoms with Gasteiger partial charge in [0.25, 0.3) is 0 Å². The van der Waals surface area contributed by atoms with Crippen LogP contribution in [0.1, 0.15) is 41.5 Å². The normalized spacial score (nSPS) is 19.0. The quantitative estimate of drug-likeness (QED) is 0.154. The minimum atomic E-state index is -4.99.